The molecule has 0 saturated heterocycles. The van der Waals surface area contributed by atoms with Gasteiger partial charge in [0.2, 0.25) is 0 Å². The van der Waals surface area contributed by atoms with Crippen LogP contribution in [0.1, 0.15) is 32.6 Å². The standard InChI is InChI=1S/C12H20O3/c1-3-8-11(13)9-6-5-7-10-12(14)15-4-2/h3,7,10-11,13H,1,4-6,8-9H2,2H3/t11-/m1/s1. The van der Waals surface area contributed by atoms with E-state index in [2.05, 4.69) is 6.58 Å². The first kappa shape index (κ1) is 13.9. The van der Waals surface area contributed by atoms with Gasteiger partial charge in [0.1, 0.15) is 0 Å². The molecule has 1 atom stereocenters. The first-order chi connectivity index (χ1) is 7.20. The highest BCUT2D eigenvalue weighted by atomic mass is 16.5. The van der Waals surface area contributed by atoms with E-state index < -0.39 is 0 Å². The summed E-state index contributed by atoms with van der Waals surface area (Å²) in [5, 5.41) is 9.35. The lowest BCUT2D eigenvalue weighted by Gasteiger charge is -2.05. The maximum atomic E-state index is 10.9. The van der Waals surface area contributed by atoms with Crippen molar-refractivity contribution >= 4 is 5.97 Å². The Morgan fingerprint density at radius 2 is 2.33 bits per heavy atom. The van der Waals surface area contributed by atoms with Gasteiger partial charge in [0.25, 0.3) is 0 Å². The van der Waals surface area contributed by atoms with Crippen LogP contribution >= 0.6 is 0 Å². The lowest BCUT2D eigenvalue weighted by atomic mass is 10.1. The molecule has 0 aliphatic carbocycles. The Bertz CT molecular complexity index is 209. The largest absolute Gasteiger partial charge is 0.463 e. The van der Waals surface area contributed by atoms with E-state index in [-0.39, 0.29) is 12.1 Å². The summed E-state index contributed by atoms with van der Waals surface area (Å²) in [6.45, 7) is 5.73. The number of rotatable bonds is 8. The molecular formula is C12H20O3. The molecule has 0 radical (unpaired) electrons. The molecule has 0 saturated carbocycles. The zero-order valence-corrected chi connectivity index (χ0v) is 9.32. The van der Waals surface area contributed by atoms with E-state index >= 15 is 0 Å². The van der Waals surface area contributed by atoms with E-state index in [9.17, 15) is 9.90 Å². The van der Waals surface area contributed by atoms with Crippen LogP contribution in [0.4, 0.5) is 0 Å². The number of unbranched alkanes of at least 4 members (excludes halogenated alkanes) is 1. The maximum absolute atomic E-state index is 10.9. The van der Waals surface area contributed by atoms with Crippen molar-refractivity contribution in [1.82, 2.24) is 0 Å². The number of aliphatic hydroxyl groups excluding tert-OH is 1. The molecular weight excluding hydrogens is 192 g/mol. The molecule has 3 heteroatoms. The van der Waals surface area contributed by atoms with Gasteiger partial charge in [0, 0.05) is 6.08 Å². The number of hydrogen-bond donors (Lipinski definition) is 1. The fraction of sp³-hybridized carbons (Fsp3) is 0.583. The van der Waals surface area contributed by atoms with E-state index in [4.69, 9.17) is 4.74 Å². The minimum atomic E-state index is -0.307. The second kappa shape index (κ2) is 9.46. The number of carbonyl (C=O) groups is 1. The smallest absolute Gasteiger partial charge is 0.330 e. The van der Waals surface area contributed by atoms with Crippen LogP contribution in [-0.2, 0) is 9.53 Å². The molecule has 0 aromatic heterocycles. The number of esters is 1. The number of carbonyl (C=O) groups excluding carboxylic acids is 1. The Labute approximate surface area is 91.4 Å². The van der Waals surface area contributed by atoms with Crippen LogP contribution in [0, 0.1) is 0 Å². The van der Waals surface area contributed by atoms with Crippen LogP contribution in [0.3, 0.4) is 0 Å². The minimum absolute atomic E-state index is 0.302. The second-order valence-electron chi connectivity index (χ2n) is 3.26. The zero-order valence-electron chi connectivity index (χ0n) is 9.32. The highest BCUT2D eigenvalue weighted by Gasteiger charge is 1.99. The van der Waals surface area contributed by atoms with Crippen LogP contribution < -0.4 is 0 Å². The van der Waals surface area contributed by atoms with Gasteiger partial charge < -0.3 is 9.84 Å². The van der Waals surface area contributed by atoms with Crippen molar-refractivity contribution in [3.8, 4) is 0 Å². The third-order valence-electron chi connectivity index (χ3n) is 1.89. The molecule has 86 valence electrons. The first-order valence-corrected chi connectivity index (χ1v) is 5.33. The van der Waals surface area contributed by atoms with E-state index in [0.29, 0.717) is 13.0 Å². The summed E-state index contributed by atoms with van der Waals surface area (Å²) >= 11 is 0. The summed E-state index contributed by atoms with van der Waals surface area (Å²) in [7, 11) is 0. The molecule has 0 heterocycles. The Morgan fingerprint density at radius 3 is 2.93 bits per heavy atom. The number of allylic oxidation sites excluding steroid dienone is 1. The average Bonchev–Trinajstić information content (AvgIpc) is 2.18. The SMILES string of the molecule is C=CC[C@@H](O)CCCC=CC(=O)OCC. The molecule has 0 aliphatic rings. The predicted molar refractivity (Wildman–Crippen MR) is 60.4 cm³/mol. The summed E-state index contributed by atoms with van der Waals surface area (Å²) in [4.78, 5) is 10.9. The van der Waals surface area contributed by atoms with Crippen molar-refractivity contribution in [3.63, 3.8) is 0 Å². The maximum Gasteiger partial charge on any atom is 0.330 e. The van der Waals surface area contributed by atoms with Crippen molar-refractivity contribution in [1.29, 1.82) is 0 Å². The fourth-order valence-corrected chi connectivity index (χ4v) is 1.15. The molecule has 0 bridgehead atoms. The highest BCUT2D eigenvalue weighted by molar-refractivity contribution is 5.81. The highest BCUT2D eigenvalue weighted by Crippen LogP contribution is 2.05. The van der Waals surface area contributed by atoms with Gasteiger partial charge in [-0.05, 0) is 32.6 Å². The summed E-state index contributed by atoms with van der Waals surface area (Å²) in [5.74, 6) is -0.302. The van der Waals surface area contributed by atoms with Crippen LogP contribution in [0.15, 0.2) is 24.8 Å². The van der Waals surface area contributed by atoms with Gasteiger partial charge in [-0.1, -0.05) is 12.2 Å². The zero-order chi connectivity index (χ0) is 11.5. The quantitative estimate of drug-likeness (QED) is 0.290. The molecule has 0 fully saturated rings. The van der Waals surface area contributed by atoms with Gasteiger partial charge in [0.15, 0.2) is 0 Å². The van der Waals surface area contributed by atoms with Crippen molar-refractivity contribution in [3.05, 3.63) is 24.8 Å². The monoisotopic (exact) mass is 212 g/mol. The second-order valence-corrected chi connectivity index (χ2v) is 3.26. The Morgan fingerprint density at radius 1 is 1.60 bits per heavy atom. The summed E-state index contributed by atoms with van der Waals surface area (Å²) < 4.78 is 4.72. The number of hydrogen-bond acceptors (Lipinski definition) is 3. The normalized spacial score (nSPS) is 12.7. The van der Waals surface area contributed by atoms with E-state index in [0.717, 1.165) is 19.3 Å². The van der Waals surface area contributed by atoms with Gasteiger partial charge >= 0.3 is 5.97 Å². The molecule has 0 rings (SSSR count). The summed E-state index contributed by atoms with van der Waals surface area (Å²) in [6, 6.07) is 0. The summed E-state index contributed by atoms with van der Waals surface area (Å²) in [6.07, 6.45) is 7.62. The molecule has 3 nitrogen and oxygen atoms in total. The van der Waals surface area contributed by atoms with Crippen molar-refractivity contribution in [2.24, 2.45) is 0 Å². The molecule has 15 heavy (non-hydrogen) atoms. The molecule has 0 amide bonds. The third kappa shape index (κ3) is 9.22. The van der Waals surface area contributed by atoms with Gasteiger partial charge in [-0.3, -0.25) is 0 Å². The molecule has 1 N–H and O–H groups in total. The van der Waals surface area contributed by atoms with Gasteiger partial charge in [0.05, 0.1) is 12.7 Å². The Hall–Kier alpha value is -1.09. The van der Waals surface area contributed by atoms with E-state index in [1.165, 1.54) is 6.08 Å². The lowest BCUT2D eigenvalue weighted by Crippen LogP contribution is -2.03. The van der Waals surface area contributed by atoms with Crippen molar-refractivity contribution in [2.45, 2.75) is 38.7 Å². The van der Waals surface area contributed by atoms with Crippen LogP contribution in [0.25, 0.3) is 0 Å². The van der Waals surface area contributed by atoms with Gasteiger partial charge in [-0.25, -0.2) is 4.79 Å². The van der Waals surface area contributed by atoms with Crippen LogP contribution in [0.2, 0.25) is 0 Å². The van der Waals surface area contributed by atoms with Crippen LogP contribution in [0.5, 0.6) is 0 Å². The topological polar surface area (TPSA) is 46.5 Å². The van der Waals surface area contributed by atoms with Crippen molar-refractivity contribution < 1.29 is 14.6 Å². The Balaban J connectivity index is 3.44. The average molecular weight is 212 g/mol. The van der Waals surface area contributed by atoms with Crippen LogP contribution in [-0.4, -0.2) is 23.8 Å². The van der Waals surface area contributed by atoms with E-state index in [1.807, 2.05) is 0 Å². The summed E-state index contributed by atoms with van der Waals surface area (Å²) in [5.41, 5.74) is 0. The molecule has 0 unspecified atom stereocenters. The fourth-order valence-electron chi connectivity index (χ4n) is 1.15. The van der Waals surface area contributed by atoms with Gasteiger partial charge in [-0.2, -0.15) is 0 Å². The predicted octanol–water partition coefficient (Wildman–Crippen LogP) is 2.21. The van der Waals surface area contributed by atoms with Crippen molar-refractivity contribution in [2.75, 3.05) is 6.61 Å². The third-order valence-corrected chi connectivity index (χ3v) is 1.89. The van der Waals surface area contributed by atoms with Gasteiger partial charge in [-0.15, -0.1) is 6.58 Å². The number of aliphatic hydroxyl groups is 1. The minimum Gasteiger partial charge on any atom is -0.463 e. The van der Waals surface area contributed by atoms with E-state index in [1.54, 1.807) is 19.1 Å². The molecule has 0 spiro atoms. The number of ether oxygens (including phenoxy) is 1. The lowest BCUT2D eigenvalue weighted by molar-refractivity contribution is -0.137. The Kier molecular flexibility index (Phi) is 8.78. The molecule has 0 aromatic rings. The first-order valence-electron chi connectivity index (χ1n) is 5.33. The molecule has 0 aliphatic heterocycles. The molecule has 0 aromatic carbocycles.